The quantitative estimate of drug-likeness (QED) is 0.713. The van der Waals surface area contributed by atoms with E-state index < -0.39 is 18.1 Å². The highest BCUT2D eigenvalue weighted by atomic mass is 16.5. The summed E-state index contributed by atoms with van der Waals surface area (Å²) in [6, 6.07) is -0.637. The number of hydrogen-bond donors (Lipinski definition) is 1. The van der Waals surface area contributed by atoms with Crippen LogP contribution in [0.5, 0.6) is 0 Å². The van der Waals surface area contributed by atoms with Crippen molar-refractivity contribution < 1.29 is 19.4 Å². The van der Waals surface area contributed by atoms with Crippen molar-refractivity contribution in [3.05, 3.63) is 0 Å². The van der Waals surface area contributed by atoms with Crippen LogP contribution < -0.4 is 0 Å². The van der Waals surface area contributed by atoms with Crippen LogP contribution in [-0.2, 0) is 14.3 Å². The third-order valence-electron chi connectivity index (χ3n) is 3.03. The van der Waals surface area contributed by atoms with E-state index in [2.05, 4.69) is 0 Å². The van der Waals surface area contributed by atoms with Crippen LogP contribution in [0.3, 0.4) is 0 Å². The van der Waals surface area contributed by atoms with E-state index in [1.54, 1.807) is 0 Å². The van der Waals surface area contributed by atoms with Gasteiger partial charge in [-0.3, -0.25) is 4.79 Å². The number of nitrogens with zero attached hydrogens (tertiary/aromatic N) is 1. The van der Waals surface area contributed by atoms with Gasteiger partial charge in [-0.15, -0.1) is 0 Å². The normalized spacial score (nSPS) is 30.8. The van der Waals surface area contributed by atoms with Crippen molar-refractivity contribution in [2.24, 2.45) is 0 Å². The zero-order valence-electron chi connectivity index (χ0n) is 8.52. The molecule has 2 saturated heterocycles. The second kappa shape index (κ2) is 4.18. The first-order valence-electron chi connectivity index (χ1n) is 5.35. The van der Waals surface area contributed by atoms with Gasteiger partial charge in [-0.1, -0.05) is 0 Å². The summed E-state index contributed by atoms with van der Waals surface area (Å²) in [6.07, 6.45) is 2.55. The Morgan fingerprint density at radius 3 is 2.67 bits per heavy atom. The molecule has 1 unspecified atom stereocenters. The monoisotopic (exact) mass is 213 g/mol. The topological polar surface area (TPSA) is 66.8 Å². The summed E-state index contributed by atoms with van der Waals surface area (Å²) in [6.45, 7) is 1.16. The number of carboxylic acids is 1. The molecule has 0 aromatic heterocycles. The number of carboxylic acid groups (broad SMARTS) is 1. The molecule has 2 aliphatic heterocycles. The summed E-state index contributed by atoms with van der Waals surface area (Å²) in [5, 5.41) is 8.94. The molecule has 2 heterocycles. The fourth-order valence-electron chi connectivity index (χ4n) is 2.24. The Morgan fingerprint density at radius 1 is 1.27 bits per heavy atom. The minimum atomic E-state index is -0.904. The lowest BCUT2D eigenvalue weighted by molar-refractivity contribution is -0.152. The summed E-state index contributed by atoms with van der Waals surface area (Å²) in [7, 11) is 0. The molecule has 2 rings (SSSR count). The molecule has 5 heteroatoms. The molecule has 0 aromatic carbocycles. The van der Waals surface area contributed by atoms with Crippen molar-refractivity contribution >= 4 is 11.9 Å². The van der Waals surface area contributed by atoms with Crippen LogP contribution in [0, 0.1) is 0 Å². The predicted octanol–water partition coefficient (Wildman–Crippen LogP) is 0.241. The van der Waals surface area contributed by atoms with Crippen molar-refractivity contribution in [3.8, 4) is 0 Å². The zero-order valence-corrected chi connectivity index (χ0v) is 8.52. The maximum absolute atomic E-state index is 11.9. The van der Waals surface area contributed by atoms with Crippen molar-refractivity contribution in [1.29, 1.82) is 0 Å². The van der Waals surface area contributed by atoms with Crippen LogP contribution in [0.4, 0.5) is 0 Å². The fraction of sp³-hybridized carbons (Fsp3) is 0.800. The van der Waals surface area contributed by atoms with Gasteiger partial charge in [0.25, 0.3) is 5.91 Å². The average Bonchev–Trinajstić information content (AvgIpc) is 2.88. The average molecular weight is 213 g/mol. The van der Waals surface area contributed by atoms with Crippen molar-refractivity contribution in [2.45, 2.75) is 37.8 Å². The van der Waals surface area contributed by atoms with Crippen LogP contribution in [0.25, 0.3) is 0 Å². The Labute approximate surface area is 88.0 Å². The lowest BCUT2D eigenvalue weighted by Gasteiger charge is -2.24. The molecule has 2 aliphatic rings. The Hall–Kier alpha value is -1.10. The smallest absolute Gasteiger partial charge is 0.326 e. The number of hydrogen-bond acceptors (Lipinski definition) is 3. The summed E-state index contributed by atoms with van der Waals surface area (Å²) in [5.74, 6) is -1.05. The molecule has 0 radical (unpaired) electrons. The van der Waals surface area contributed by atoms with Gasteiger partial charge in [0.2, 0.25) is 0 Å². The largest absolute Gasteiger partial charge is 0.480 e. The number of carbonyl (C=O) groups is 2. The van der Waals surface area contributed by atoms with E-state index in [4.69, 9.17) is 9.84 Å². The zero-order chi connectivity index (χ0) is 10.8. The Bertz CT molecular complexity index is 273. The van der Waals surface area contributed by atoms with Crippen LogP contribution in [0.1, 0.15) is 25.7 Å². The van der Waals surface area contributed by atoms with E-state index >= 15 is 0 Å². The second-order valence-corrected chi connectivity index (χ2v) is 4.03. The molecule has 0 aliphatic carbocycles. The van der Waals surface area contributed by atoms with Gasteiger partial charge in [-0.25, -0.2) is 4.79 Å². The van der Waals surface area contributed by atoms with Gasteiger partial charge in [0.15, 0.2) is 0 Å². The summed E-state index contributed by atoms with van der Waals surface area (Å²) >= 11 is 0. The van der Waals surface area contributed by atoms with Crippen LogP contribution in [-0.4, -0.2) is 47.2 Å². The standard InChI is InChI=1S/C10H15NO4/c12-9(8-4-2-6-15-8)11-5-1-3-7(11)10(13)14/h7-8H,1-6H2,(H,13,14)/t7-,8?/m0/s1. The first-order chi connectivity index (χ1) is 7.20. The second-order valence-electron chi connectivity index (χ2n) is 4.03. The van der Waals surface area contributed by atoms with Gasteiger partial charge in [0.05, 0.1) is 0 Å². The van der Waals surface area contributed by atoms with Crippen molar-refractivity contribution in [3.63, 3.8) is 0 Å². The minimum Gasteiger partial charge on any atom is -0.480 e. The molecule has 2 fully saturated rings. The molecular weight excluding hydrogens is 198 g/mol. The van der Waals surface area contributed by atoms with E-state index in [1.807, 2.05) is 0 Å². The first-order valence-corrected chi connectivity index (χ1v) is 5.35. The maximum atomic E-state index is 11.9. The Morgan fingerprint density at radius 2 is 2.07 bits per heavy atom. The molecule has 5 nitrogen and oxygen atoms in total. The lowest BCUT2D eigenvalue weighted by Crippen LogP contribution is -2.45. The number of likely N-dealkylation sites (tertiary alicyclic amines) is 1. The third-order valence-corrected chi connectivity index (χ3v) is 3.03. The number of carbonyl (C=O) groups excluding carboxylic acids is 1. The number of rotatable bonds is 2. The molecule has 0 aromatic rings. The van der Waals surface area contributed by atoms with E-state index in [-0.39, 0.29) is 5.91 Å². The Balaban J connectivity index is 2.02. The van der Waals surface area contributed by atoms with Gasteiger partial charge in [0.1, 0.15) is 12.1 Å². The van der Waals surface area contributed by atoms with Gasteiger partial charge in [-0.2, -0.15) is 0 Å². The molecule has 84 valence electrons. The number of amides is 1. The number of aliphatic carboxylic acids is 1. The molecule has 0 bridgehead atoms. The SMILES string of the molecule is O=C(O)[C@@H]1CCCN1C(=O)C1CCCO1. The van der Waals surface area contributed by atoms with Crippen molar-refractivity contribution in [1.82, 2.24) is 4.90 Å². The van der Waals surface area contributed by atoms with E-state index in [9.17, 15) is 9.59 Å². The molecule has 0 spiro atoms. The highest BCUT2D eigenvalue weighted by molar-refractivity contribution is 5.87. The summed E-state index contributed by atoms with van der Waals surface area (Å²) in [5.41, 5.74) is 0. The fourth-order valence-corrected chi connectivity index (χ4v) is 2.24. The van der Waals surface area contributed by atoms with Crippen LogP contribution in [0.2, 0.25) is 0 Å². The number of ether oxygens (including phenoxy) is 1. The lowest BCUT2D eigenvalue weighted by atomic mass is 10.2. The van der Waals surface area contributed by atoms with Gasteiger partial charge in [0, 0.05) is 13.2 Å². The highest BCUT2D eigenvalue weighted by Crippen LogP contribution is 2.22. The molecule has 1 N–H and O–H groups in total. The predicted molar refractivity (Wildman–Crippen MR) is 51.3 cm³/mol. The Kier molecular flexibility index (Phi) is 2.90. The molecular formula is C10H15NO4. The molecule has 2 atom stereocenters. The van der Waals surface area contributed by atoms with Crippen LogP contribution >= 0.6 is 0 Å². The highest BCUT2D eigenvalue weighted by Gasteiger charge is 2.38. The maximum Gasteiger partial charge on any atom is 0.326 e. The summed E-state index contributed by atoms with van der Waals surface area (Å²) < 4.78 is 5.27. The van der Waals surface area contributed by atoms with E-state index in [0.29, 0.717) is 19.6 Å². The van der Waals surface area contributed by atoms with Crippen molar-refractivity contribution in [2.75, 3.05) is 13.2 Å². The molecule has 1 amide bonds. The van der Waals surface area contributed by atoms with Gasteiger partial charge >= 0.3 is 5.97 Å². The van der Waals surface area contributed by atoms with E-state index in [1.165, 1.54) is 4.90 Å². The van der Waals surface area contributed by atoms with Gasteiger partial charge < -0.3 is 14.7 Å². The van der Waals surface area contributed by atoms with Gasteiger partial charge in [-0.05, 0) is 25.7 Å². The van der Waals surface area contributed by atoms with Crippen LogP contribution in [0.15, 0.2) is 0 Å². The first kappa shape index (κ1) is 10.4. The molecule has 15 heavy (non-hydrogen) atoms. The molecule has 0 saturated carbocycles. The third kappa shape index (κ3) is 1.97. The summed E-state index contributed by atoms with van der Waals surface area (Å²) in [4.78, 5) is 24.3. The van der Waals surface area contributed by atoms with E-state index in [0.717, 1.165) is 19.3 Å². The minimum absolute atomic E-state index is 0.141.